The van der Waals surface area contributed by atoms with E-state index in [0.717, 1.165) is 5.56 Å². The number of Topliss-reactive ketones (excluding diaryl/α,β-unsaturated/α-hetero) is 1. The third-order valence-electron chi connectivity index (χ3n) is 7.58. The van der Waals surface area contributed by atoms with E-state index in [4.69, 9.17) is 29.1 Å². The fourth-order valence-electron chi connectivity index (χ4n) is 5.61. The first-order valence-electron chi connectivity index (χ1n) is 13.3. The van der Waals surface area contributed by atoms with Gasteiger partial charge < -0.3 is 29.1 Å². The van der Waals surface area contributed by atoms with Gasteiger partial charge in [-0.3, -0.25) is 4.79 Å². The van der Waals surface area contributed by atoms with Gasteiger partial charge in [0.05, 0.1) is 32.8 Å². The number of hydrogen-bond donors (Lipinski definition) is 1. The SMILES string of the molecule is COc1cc(-c2cc3cc(C4C(C#N)=C(N)OC5=C4C(=O)CCC5)cc(C(C)(C)C)c3oc2=O)cc(OC)c1OC. The molecule has 0 fully saturated rings. The summed E-state index contributed by atoms with van der Waals surface area (Å²) in [5.41, 5.74) is 8.53. The molecule has 9 nitrogen and oxygen atoms in total. The molecule has 2 heterocycles. The van der Waals surface area contributed by atoms with Crippen LogP contribution in [0.15, 0.2) is 62.3 Å². The van der Waals surface area contributed by atoms with Crippen LogP contribution in [0.2, 0.25) is 0 Å². The highest BCUT2D eigenvalue weighted by Gasteiger charge is 2.39. The monoisotopic (exact) mass is 556 g/mol. The number of nitriles is 1. The molecule has 2 aromatic carbocycles. The third kappa shape index (κ3) is 4.69. The second-order valence-electron chi connectivity index (χ2n) is 11.1. The van der Waals surface area contributed by atoms with E-state index < -0.39 is 17.0 Å². The van der Waals surface area contributed by atoms with Crippen molar-refractivity contribution in [3.05, 3.63) is 74.7 Å². The van der Waals surface area contributed by atoms with Crippen LogP contribution < -0.4 is 25.6 Å². The first-order valence-corrected chi connectivity index (χ1v) is 13.3. The van der Waals surface area contributed by atoms with Gasteiger partial charge in [-0.05, 0) is 47.2 Å². The largest absolute Gasteiger partial charge is 0.493 e. The van der Waals surface area contributed by atoms with Gasteiger partial charge in [0.15, 0.2) is 17.3 Å². The van der Waals surface area contributed by atoms with Gasteiger partial charge in [0.2, 0.25) is 11.6 Å². The summed E-state index contributed by atoms with van der Waals surface area (Å²) in [6.07, 6.45) is 1.60. The van der Waals surface area contributed by atoms with Crippen molar-refractivity contribution < 1.29 is 28.2 Å². The van der Waals surface area contributed by atoms with Gasteiger partial charge >= 0.3 is 5.63 Å². The van der Waals surface area contributed by atoms with Crippen molar-refractivity contribution in [3.8, 4) is 34.4 Å². The van der Waals surface area contributed by atoms with Crippen molar-refractivity contribution in [1.82, 2.24) is 0 Å². The van der Waals surface area contributed by atoms with E-state index >= 15 is 0 Å². The molecule has 2 aliphatic rings. The normalized spacial score (nSPS) is 17.2. The topological polar surface area (TPSA) is 134 Å². The Morgan fingerprint density at radius 1 is 0.976 bits per heavy atom. The number of methoxy groups -OCH3 is 3. The summed E-state index contributed by atoms with van der Waals surface area (Å²) in [7, 11) is 4.51. The number of benzene rings is 2. The molecule has 1 atom stereocenters. The molecule has 0 saturated carbocycles. The number of ether oxygens (including phenoxy) is 4. The molecule has 1 aliphatic heterocycles. The number of carbonyl (C=O) groups excluding carboxylic acids is 1. The van der Waals surface area contributed by atoms with Crippen LogP contribution in [-0.2, 0) is 14.9 Å². The number of allylic oxidation sites excluding steroid dienone is 3. The second kappa shape index (κ2) is 10.4. The van der Waals surface area contributed by atoms with Crippen LogP contribution in [0.3, 0.4) is 0 Å². The molecule has 1 unspecified atom stereocenters. The quantitative estimate of drug-likeness (QED) is 0.399. The summed E-state index contributed by atoms with van der Waals surface area (Å²) in [6, 6.07) is 11.0. The number of nitrogens with two attached hydrogens (primary N) is 1. The van der Waals surface area contributed by atoms with Gasteiger partial charge in [-0.1, -0.05) is 26.8 Å². The van der Waals surface area contributed by atoms with Gasteiger partial charge in [0, 0.05) is 29.4 Å². The first kappa shape index (κ1) is 27.8. The minimum atomic E-state index is -0.696. The van der Waals surface area contributed by atoms with Crippen LogP contribution in [0.25, 0.3) is 22.1 Å². The van der Waals surface area contributed by atoms with Gasteiger partial charge in [0.1, 0.15) is 23.0 Å². The Labute approximate surface area is 237 Å². The number of ketones is 1. The molecule has 2 N–H and O–H groups in total. The van der Waals surface area contributed by atoms with Crippen molar-refractivity contribution >= 4 is 16.8 Å². The Morgan fingerprint density at radius 3 is 2.24 bits per heavy atom. The lowest BCUT2D eigenvalue weighted by Gasteiger charge is -2.32. The Morgan fingerprint density at radius 2 is 1.66 bits per heavy atom. The fourth-order valence-corrected chi connectivity index (χ4v) is 5.61. The van der Waals surface area contributed by atoms with E-state index in [9.17, 15) is 14.9 Å². The van der Waals surface area contributed by atoms with Gasteiger partial charge in [-0.2, -0.15) is 5.26 Å². The first-order chi connectivity index (χ1) is 19.5. The average molecular weight is 557 g/mol. The molecule has 9 heteroatoms. The van der Waals surface area contributed by atoms with Crippen LogP contribution in [0, 0.1) is 11.3 Å². The summed E-state index contributed by atoms with van der Waals surface area (Å²) in [5.74, 6) is 0.934. The zero-order chi connectivity index (χ0) is 29.6. The van der Waals surface area contributed by atoms with E-state index in [1.807, 2.05) is 32.9 Å². The molecule has 41 heavy (non-hydrogen) atoms. The molecule has 1 aromatic heterocycles. The van der Waals surface area contributed by atoms with Crippen LogP contribution in [0.1, 0.15) is 57.1 Å². The molecule has 5 rings (SSSR count). The highest BCUT2D eigenvalue weighted by Crippen LogP contribution is 2.46. The summed E-state index contributed by atoms with van der Waals surface area (Å²) < 4.78 is 28.1. The van der Waals surface area contributed by atoms with E-state index in [1.165, 1.54) is 21.3 Å². The predicted octanol–water partition coefficient (Wildman–Crippen LogP) is 5.60. The number of rotatable bonds is 5. The highest BCUT2D eigenvalue weighted by atomic mass is 16.5. The highest BCUT2D eigenvalue weighted by molar-refractivity contribution is 6.00. The van der Waals surface area contributed by atoms with Crippen molar-refractivity contribution in [3.63, 3.8) is 0 Å². The number of nitrogens with zero attached hydrogens (tertiary/aromatic N) is 1. The Bertz CT molecular complexity index is 1720. The lowest BCUT2D eigenvalue weighted by Crippen LogP contribution is -2.27. The minimum absolute atomic E-state index is 0.000983. The lowest BCUT2D eigenvalue weighted by atomic mass is 9.75. The molecule has 0 amide bonds. The van der Waals surface area contributed by atoms with Crippen molar-refractivity contribution in [2.24, 2.45) is 5.73 Å². The molecule has 212 valence electrons. The molecule has 0 bridgehead atoms. The molecule has 3 aromatic rings. The third-order valence-corrected chi connectivity index (χ3v) is 7.58. The van der Waals surface area contributed by atoms with Crippen molar-refractivity contribution in [1.29, 1.82) is 5.26 Å². The number of carbonyl (C=O) groups is 1. The van der Waals surface area contributed by atoms with E-state index in [0.29, 0.717) is 69.9 Å². The van der Waals surface area contributed by atoms with E-state index in [-0.39, 0.29) is 22.8 Å². The van der Waals surface area contributed by atoms with E-state index in [1.54, 1.807) is 18.2 Å². The molecule has 0 radical (unpaired) electrons. The van der Waals surface area contributed by atoms with Crippen LogP contribution in [0.4, 0.5) is 0 Å². The van der Waals surface area contributed by atoms with Crippen molar-refractivity contribution in [2.45, 2.75) is 51.4 Å². The molecular formula is C32H32N2O7. The second-order valence-corrected chi connectivity index (χ2v) is 11.1. The predicted molar refractivity (Wildman–Crippen MR) is 153 cm³/mol. The summed E-state index contributed by atoms with van der Waals surface area (Å²) in [5, 5.41) is 10.7. The minimum Gasteiger partial charge on any atom is -0.493 e. The van der Waals surface area contributed by atoms with Crippen LogP contribution in [-0.4, -0.2) is 27.1 Å². The zero-order valence-corrected chi connectivity index (χ0v) is 24.0. The molecule has 0 spiro atoms. The fraction of sp³-hybridized carbons (Fsp3) is 0.344. The van der Waals surface area contributed by atoms with Gasteiger partial charge in [-0.15, -0.1) is 0 Å². The van der Waals surface area contributed by atoms with Gasteiger partial charge in [0.25, 0.3) is 0 Å². The lowest BCUT2D eigenvalue weighted by molar-refractivity contribution is -0.116. The van der Waals surface area contributed by atoms with Crippen LogP contribution in [0.5, 0.6) is 17.2 Å². The Balaban J connectivity index is 1.81. The Hall–Kier alpha value is -4.71. The number of hydrogen-bond acceptors (Lipinski definition) is 9. The average Bonchev–Trinajstić information content (AvgIpc) is 2.94. The molecular weight excluding hydrogens is 524 g/mol. The number of fused-ring (bicyclic) bond motifs is 1. The maximum absolute atomic E-state index is 13.4. The zero-order valence-electron chi connectivity index (χ0n) is 24.0. The summed E-state index contributed by atoms with van der Waals surface area (Å²) in [4.78, 5) is 26.6. The standard InChI is InChI=1S/C32H32N2O7/c1-32(2,3)21-12-17(26-20(15-33)30(34)40-23-9-7-8-22(35)27(23)26)10-18-11-19(31(36)41-28(18)21)16-13-24(37-4)29(39-6)25(14-16)38-5/h10-14,26H,7-9,34H2,1-6H3. The van der Waals surface area contributed by atoms with E-state index in [2.05, 4.69) is 6.07 Å². The molecule has 0 saturated heterocycles. The van der Waals surface area contributed by atoms with Crippen molar-refractivity contribution in [2.75, 3.05) is 21.3 Å². The maximum atomic E-state index is 13.4. The summed E-state index contributed by atoms with van der Waals surface area (Å²) in [6.45, 7) is 6.03. The maximum Gasteiger partial charge on any atom is 0.344 e. The van der Waals surface area contributed by atoms with Crippen LogP contribution >= 0.6 is 0 Å². The smallest absolute Gasteiger partial charge is 0.344 e. The van der Waals surface area contributed by atoms with Gasteiger partial charge in [-0.25, -0.2) is 4.79 Å². The Kier molecular flexibility index (Phi) is 7.03. The summed E-state index contributed by atoms with van der Waals surface area (Å²) >= 11 is 0. The molecule has 1 aliphatic carbocycles.